The van der Waals surface area contributed by atoms with Gasteiger partial charge in [-0.25, -0.2) is 5.48 Å². The molecule has 0 aliphatic carbocycles. The van der Waals surface area contributed by atoms with E-state index in [1.165, 1.54) is 6.20 Å². The molecule has 78 valence electrons. The van der Waals surface area contributed by atoms with Crippen molar-refractivity contribution in [3.63, 3.8) is 0 Å². The normalized spacial score (nSPS) is 11.4. The first kappa shape index (κ1) is 10.7. The highest BCUT2D eigenvalue weighted by atomic mass is 16.7. The maximum atomic E-state index is 11.4. The van der Waals surface area contributed by atoms with Gasteiger partial charge in [0.05, 0.1) is 17.4 Å². The van der Waals surface area contributed by atoms with Gasteiger partial charge in [0.1, 0.15) is 0 Å². The van der Waals surface area contributed by atoms with Crippen LogP contribution in [0.3, 0.4) is 0 Å². The fraction of sp³-hybridized carbons (Fsp3) is 0.556. The first-order valence-electron chi connectivity index (χ1n) is 4.35. The highest BCUT2D eigenvalue weighted by Gasteiger charge is 2.14. The number of aryl methyl sites for hydroxylation is 1. The predicted molar refractivity (Wildman–Crippen MR) is 51.5 cm³/mol. The van der Waals surface area contributed by atoms with Crippen LogP contribution in [0.15, 0.2) is 12.4 Å². The highest BCUT2D eigenvalue weighted by Crippen LogP contribution is 2.04. The minimum atomic E-state index is -0.391. The zero-order valence-electron chi connectivity index (χ0n) is 8.87. The Labute approximate surface area is 83.0 Å². The zero-order chi connectivity index (χ0) is 10.8. The predicted octanol–water partition coefficient (Wildman–Crippen LogP) is 0.880. The van der Waals surface area contributed by atoms with Crippen LogP contribution in [0.5, 0.6) is 0 Å². The fourth-order valence-corrected chi connectivity index (χ4v) is 0.797. The molecule has 1 aromatic heterocycles. The summed E-state index contributed by atoms with van der Waals surface area (Å²) in [4.78, 5) is 16.5. The monoisotopic (exact) mass is 197 g/mol. The van der Waals surface area contributed by atoms with E-state index < -0.39 is 5.60 Å². The molecule has 14 heavy (non-hydrogen) atoms. The molecule has 0 aliphatic rings. The first-order chi connectivity index (χ1) is 6.38. The number of carbonyl (C=O) groups excluding carboxylic acids is 1. The highest BCUT2D eigenvalue weighted by molar-refractivity contribution is 5.92. The molecule has 0 aromatic carbocycles. The first-order valence-corrected chi connectivity index (χ1v) is 4.35. The Balaban J connectivity index is 2.52. The molecule has 1 N–H and O–H groups in total. The van der Waals surface area contributed by atoms with Gasteiger partial charge in [-0.05, 0) is 20.8 Å². The number of hydrogen-bond donors (Lipinski definition) is 1. The number of amides is 1. The second-order valence-electron chi connectivity index (χ2n) is 4.05. The van der Waals surface area contributed by atoms with Crippen LogP contribution in [-0.4, -0.2) is 21.3 Å². The average Bonchev–Trinajstić information content (AvgIpc) is 2.46. The fourth-order valence-electron chi connectivity index (χ4n) is 0.797. The molecule has 0 bridgehead atoms. The molecule has 0 unspecified atom stereocenters. The Morgan fingerprint density at radius 3 is 2.64 bits per heavy atom. The maximum Gasteiger partial charge on any atom is 0.278 e. The molecule has 0 atom stereocenters. The smallest absolute Gasteiger partial charge is 0.275 e. The van der Waals surface area contributed by atoms with Crippen molar-refractivity contribution in [2.75, 3.05) is 0 Å². The Kier molecular flexibility index (Phi) is 2.90. The number of nitrogens with one attached hydrogen (secondary N) is 1. The lowest BCUT2D eigenvalue weighted by molar-refractivity contribution is -0.0589. The summed E-state index contributed by atoms with van der Waals surface area (Å²) in [5.74, 6) is -0.284. The van der Waals surface area contributed by atoms with E-state index in [1.807, 2.05) is 20.8 Å². The molecule has 0 aliphatic heterocycles. The molecule has 1 heterocycles. The van der Waals surface area contributed by atoms with Crippen molar-refractivity contribution >= 4 is 5.91 Å². The maximum absolute atomic E-state index is 11.4. The van der Waals surface area contributed by atoms with Crippen LogP contribution in [0.25, 0.3) is 0 Å². The number of hydrogen-bond acceptors (Lipinski definition) is 3. The molecule has 0 saturated carbocycles. The summed E-state index contributed by atoms with van der Waals surface area (Å²) in [6.07, 6.45) is 3.11. The molecule has 5 nitrogen and oxygen atoms in total. The molecule has 0 radical (unpaired) electrons. The third-order valence-corrected chi connectivity index (χ3v) is 1.42. The summed E-state index contributed by atoms with van der Waals surface area (Å²) in [5, 5.41) is 3.88. The molecule has 5 heteroatoms. The van der Waals surface area contributed by atoms with Crippen LogP contribution in [-0.2, 0) is 11.9 Å². The van der Waals surface area contributed by atoms with Crippen molar-refractivity contribution in [2.45, 2.75) is 26.4 Å². The molecular weight excluding hydrogens is 182 g/mol. The number of nitrogens with zero attached hydrogens (tertiary/aromatic N) is 2. The van der Waals surface area contributed by atoms with Crippen LogP contribution in [0.1, 0.15) is 31.1 Å². The van der Waals surface area contributed by atoms with Crippen LogP contribution in [0.4, 0.5) is 0 Å². The van der Waals surface area contributed by atoms with Crippen LogP contribution in [0.2, 0.25) is 0 Å². The SMILES string of the molecule is Cn1cc(C(=O)NOC(C)(C)C)cn1. The topological polar surface area (TPSA) is 56.2 Å². The summed E-state index contributed by atoms with van der Waals surface area (Å²) in [5.41, 5.74) is 2.45. The summed E-state index contributed by atoms with van der Waals surface area (Å²) < 4.78 is 1.56. The lowest BCUT2D eigenvalue weighted by Crippen LogP contribution is -2.33. The van der Waals surface area contributed by atoms with Gasteiger partial charge < -0.3 is 0 Å². The third kappa shape index (κ3) is 3.18. The second-order valence-corrected chi connectivity index (χ2v) is 4.05. The van der Waals surface area contributed by atoms with E-state index in [0.29, 0.717) is 5.56 Å². The van der Waals surface area contributed by atoms with E-state index >= 15 is 0 Å². The van der Waals surface area contributed by atoms with Gasteiger partial charge in [-0.2, -0.15) is 5.10 Å². The van der Waals surface area contributed by atoms with E-state index in [4.69, 9.17) is 4.84 Å². The lowest BCUT2D eigenvalue weighted by Gasteiger charge is -2.18. The molecule has 1 rings (SSSR count). The van der Waals surface area contributed by atoms with Crippen molar-refractivity contribution in [1.29, 1.82) is 0 Å². The van der Waals surface area contributed by atoms with E-state index in [0.717, 1.165) is 0 Å². The molecule has 0 saturated heterocycles. The van der Waals surface area contributed by atoms with E-state index in [9.17, 15) is 4.79 Å². The lowest BCUT2D eigenvalue weighted by atomic mass is 10.2. The Morgan fingerprint density at radius 2 is 2.21 bits per heavy atom. The van der Waals surface area contributed by atoms with E-state index in [-0.39, 0.29) is 5.91 Å². The third-order valence-electron chi connectivity index (χ3n) is 1.42. The average molecular weight is 197 g/mol. The van der Waals surface area contributed by atoms with Crippen molar-refractivity contribution in [3.05, 3.63) is 18.0 Å². The van der Waals surface area contributed by atoms with Gasteiger partial charge >= 0.3 is 0 Å². The van der Waals surface area contributed by atoms with Crippen LogP contribution in [0, 0.1) is 0 Å². The molecule has 0 spiro atoms. The molecular formula is C9H15N3O2. The van der Waals surface area contributed by atoms with Crippen LogP contribution >= 0.6 is 0 Å². The van der Waals surface area contributed by atoms with Gasteiger partial charge in [0.15, 0.2) is 0 Å². The van der Waals surface area contributed by atoms with Crippen molar-refractivity contribution in [1.82, 2.24) is 15.3 Å². The van der Waals surface area contributed by atoms with Gasteiger partial charge in [-0.3, -0.25) is 14.3 Å². The van der Waals surface area contributed by atoms with E-state index in [2.05, 4.69) is 10.6 Å². The Hall–Kier alpha value is -1.36. The molecule has 0 fully saturated rings. The van der Waals surface area contributed by atoms with Crippen molar-refractivity contribution in [2.24, 2.45) is 7.05 Å². The number of aromatic nitrogens is 2. The molecule has 1 amide bonds. The van der Waals surface area contributed by atoms with Crippen molar-refractivity contribution < 1.29 is 9.63 Å². The van der Waals surface area contributed by atoms with Gasteiger partial charge in [0, 0.05) is 13.2 Å². The zero-order valence-corrected chi connectivity index (χ0v) is 8.87. The summed E-state index contributed by atoms with van der Waals surface area (Å²) in [6, 6.07) is 0. The summed E-state index contributed by atoms with van der Waals surface area (Å²) >= 11 is 0. The summed E-state index contributed by atoms with van der Waals surface area (Å²) in [7, 11) is 1.75. The van der Waals surface area contributed by atoms with Crippen LogP contribution < -0.4 is 5.48 Å². The van der Waals surface area contributed by atoms with Gasteiger partial charge in [-0.15, -0.1) is 0 Å². The minimum absolute atomic E-state index is 0.284. The van der Waals surface area contributed by atoms with Gasteiger partial charge in [0.25, 0.3) is 5.91 Å². The second kappa shape index (κ2) is 3.79. The quantitative estimate of drug-likeness (QED) is 0.716. The minimum Gasteiger partial charge on any atom is -0.275 e. The van der Waals surface area contributed by atoms with E-state index in [1.54, 1.807) is 17.9 Å². The number of rotatable bonds is 2. The largest absolute Gasteiger partial charge is 0.278 e. The Morgan fingerprint density at radius 1 is 1.57 bits per heavy atom. The van der Waals surface area contributed by atoms with Gasteiger partial charge in [-0.1, -0.05) is 0 Å². The standard InChI is InChI=1S/C9H15N3O2/c1-9(2,3)14-11-8(13)7-5-10-12(4)6-7/h5-6H,1-4H3,(H,11,13). The van der Waals surface area contributed by atoms with Gasteiger partial charge in [0.2, 0.25) is 0 Å². The number of carbonyl (C=O) groups is 1. The van der Waals surface area contributed by atoms with Crippen molar-refractivity contribution in [3.8, 4) is 0 Å². The number of hydroxylamine groups is 1. The molecule has 1 aromatic rings. The Bertz CT molecular complexity index is 325. The summed E-state index contributed by atoms with van der Waals surface area (Å²) in [6.45, 7) is 5.57.